The van der Waals surface area contributed by atoms with Gasteiger partial charge in [-0.3, -0.25) is 0 Å². The first-order chi connectivity index (χ1) is 7.70. The smallest absolute Gasteiger partial charge is 0.120 e. The molecular formula is C14H18O2. The van der Waals surface area contributed by atoms with Gasteiger partial charge in [0.1, 0.15) is 12.4 Å². The van der Waals surface area contributed by atoms with Crippen LogP contribution in [0.1, 0.15) is 37.0 Å². The fraction of sp³-hybridized carbons (Fsp3) is 0.429. The minimum absolute atomic E-state index is 0.283. The van der Waals surface area contributed by atoms with E-state index in [-0.39, 0.29) is 6.10 Å². The van der Waals surface area contributed by atoms with Gasteiger partial charge in [0.25, 0.3) is 0 Å². The molecule has 0 saturated heterocycles. The summed E-state index contributed by atoms with van der Waals surface area (Å²) in [5.74, 6) is 0.877. The van der Waals surface area contributed by atoms with Crippen LogP contribution in [-0.4, -0.2) is 11.7 Å². The molecule has 0 unspecified atom stereocenters. The molecule has 0 amide bonds. The Morgan fingerprint density at radius 1 is 1.56 bits per heavy atom. The lowest BCUT2D eigenvalue weighted by atomic mass is 10.1. The molecule has 0 aliphatic heterocycles. The third kappa shape index (κ3) is 2.27. The van der Waals surface area contributed by atoms with Gasteiger partial charge in [0, 0.05) is 0 Å². The van der Waals surface area contributed by atoms with Crippen LogP contribution in [0, 0.1) is 0 Å². The monoisotopic (exact) mass is 218 g/mol. The highest BCUT2D eigenvalue weighted by Crippen LogP contribution is 2.33. The molecule has 2 heteroatoms. The first kappa shape index (κ1) is 11.2. The Hall–Kier alpha value is -1.28. The number of aliphatic hydroxyl groups excluding tert-OH is 1. The molecule has 0 aromatic heterocycles. The van der Waals surface area contributed by atoms with Gasteiger partial charge in [-0.25, -0.2) is 0 Å². The Morgan fingerprint density at radius 2 is 2.38 bits per heavy atom. The zero-order valence-electron chi connectivity index (χ0n) is 9.70. The molecule has 0 bridgehead atoms. The maximum absolute atomic E-state index is 9.67. The van der Waals surface area contributed by atoms with Crippen molar-refractivity contribution in [2.75, 3.05) is 6.61 Å². The van der Waals surface area contributed by atoms with Crippen LogP contribution < -0.4 is 4.74 Å². The number of fused-ring (bicyclic) bond motifs is 1. The molecule has 16 heavy (non-hydrogen) atoms. The van der Waals surface area contributed by atoms with Crippen LogP contribution in [0.25, 0.3) is 0 Å². The van der Waals surface area contributed by atoms with Crippen molar-refractivity contribution in [3.63, 3.8) is 0 Å². The third-order valence-corrected chi connectivity index (χ3v) is 3.10. The molecule has 86 valence electrons. The van der Waals surface area contributed by atoms with Crippen LogP contribution in [0.15, 0.2) is 30.4 Å². The number of aryl methyl sites for hydroxylation is 1. The highest BCUT2D eigenvalue weighted by Gasteiger charge is 2.20. The van der Waals surface area contributed by atoms with Crippen LogP contribution in [-0.2, 0) is 6.42 Å². The van der Waals surface area contributed by atoms with E-state index in [1.165, 1.54) is 5.56 Å². The van der Waals surface area contributed by atoms with Gasteiger partial charge in [-0.15, -0.1) is 0 Å². The molecule has 1 aromatic rings. The number of rotatable bonds is 4. The van der Waals surface area contributed by atoms with Gasteiger partial charge in [0.2, 0.25) is 0 Å². The first-order valence-corrected chi connectivity index (χ1v) is 5.81. The molecule has 2 rings (SSSR count). The van der Waals surface area contributed by atoms with Gasteiger partial charge in [-0.05, 0) is 48.1 Å². The van der Waals surface area contributed by atoms with Crippen LogP contribution in [0.2, 0.25) is 0 Å². The largest absolute Gasteiger partial charge is 0.489 e. The quantitative estimate of drug-likeness (QED) is 0.787. The number of hydrogen-bond acceptors (Lipinski definition) is 2. The van der Waals surface area contributed by atoms with Crippen molar-refractivity contribution in [2.45, 2.75) is 32.3 Å². The Morgan fingerprint density at radius 3 is 3.12 bits per heavy atom. The number of hydrogen-bond donors (Lipinski definition) is 1. The topological polar surface area (TPSA) is 29.5 Å². The Balaban J connectivity index is 2.05. The lowest BCUT2D eigenvalue weighted by Gasteiger charge is -2.09. The van der Waals surface area contributed by atoms with Crippen molar-refractivity contribution in [2.24, 2.45) is 0 Å². The summed E-state index contributed by atoms with van der Waals surface area (Å²) in [6.45, 7) is 6.56. The average molecular weight is 218 g/mol. The maximum Gasteiger partial charge on any atom is 0.120 e. The molecule has 1 aliphatic carbocycles. The van der Waals surface area contributed by atoms with Gasteiger partial charge < -0.3 is 9.84 Å². The average Bonchev–Trinajstić information content (AvgIpc) is 2.67. The number of aliphatic hydroxyl groups is 1. The summed E-state index contributed by atoms with van der Waals surface area (Å²) in [5, 5.41) is 9.67. The van der Waals surface area contributed by atoms with Crippen molar-refractivity contribution in [1.82, 2.24) is 0 Å². The lowest BCUT2D eigenvalue weighted by Crippen LogP contribution is -2.00. The minimum Gasteiger partial charge on any atom is -0.489 e. The van der Waals surface area contributed by atoms with Gasteiger partial charge >= 0.3 is 0 Å². The van der Waals surface area contributed by atoms with E-state index >= 15 is 0 Å². The van der Waals surface area contributed by atoms with Crippen molar-refractivity contribution in [3.8, 4) is 5.75 Å². The molecule has 0 heterocycles. The summed E-state index contributed by atoms with van der Waals surface area (Å²) < 4.78 is 5.64. The van der Waals surface area contributed by atoms with Crippen LogP contribution >= 0.6 is 0 Å². The molecule has 0 saturated carbocycles. The molecule has 0 fully saturated rings. The van der Waals surface area contributed by atoms with Gasteiger partial charge in [0.15, 0.2) is 0 Å². The molecule has 0 radical (unpaired) electrons. The lowest BCUT2D eigenvalue weighted by molar-refractivity contribution is 0.180. The zero-order valence-corrected chi connectivity index (χ0v) is 9.70. The van der Waals surface area contributed by atoms with Gasteiger partial charge in [-0.1, -0.05) is 19.6 Å². The Labute approximate surface area is 96.6 Å². The predicted octanol–water partition coefficient (Wildman–Crippen LogP) is 3.01. The van der Waals surface area contributed by atoms with E-state index in [1.807, 2.05) is 18.2 Å². The predicted molar refractivity (Wildman–Crippen MR) is 64.6 cm³/mol. The molecular weight excluding hydrogens is 200 g/mol. The van der Waals surface area contributed by atoms with E-state index in [0.29, 0.717) is 6.61 Å². The fourth-order valence-electron chi connectivity index (χ4n) is 1.95. The molecule has 1 aromatic carbocycles. The van der Waals surface area contributed by atoms with E-state index < -0.39 is 0 Å². The molecule has 1 aliphatic rings. The summed E-state index contributed by atoms with van der Waals surface area (Å²) in [6.07, 6.45) is 2.45. The van der Waals surface area contributed by atoms with E-state index in [2.05, 4.69) is 13.5 Å². The van der Waals surface area contributed by atoms with Crippen LogP contribution in [0.4, 0.5) is 0 Å². The summed E-state index contributed by atoms with van der Waals surface area (Å²) >= 11 is 0. The van der Waals surface area contributed by atoms with Crippen molar-refractivity contribution >= 4 is 0 Å². The maximum atomic E-state index is 9.67. The van der Waals surface area contributed by atoms with Gasteiger partial charge in [-0.2, -0.15) is 0 Å². The second-order valence-corrected chi connectivity index (χ2v) is 4.31. The van der Waals surface area contributed by atoms with E-state index in [0.717, 1.165) is 36.1 Å². The summed E-state index contributed by atoms with van der Waals surface area (Å²) in [5.41, 5.74) is 3.37. The Kier molecular flexibility index (Phi) is 3.30. The highest BCUT2D eigenvalue weighted by molar-refractivity contribution is 5.39. The van der Waals surface area contributed by atoms with Crippen molar-refractivity contribution < 1.29 is 9.84 Å². The molecule has 1 atom stereocenters. The van der Waals surface area contributed by atoms with Crippen LogP contribution in [0.5, 0.6) is 5.75 Å². The minimum atomic E-state index is -0.283. The second-order valence-electron chi connectivity index (χ2n) is 4.31. The number of benzene rings is 1. The second kappa shape index (κ2) is 4.71. The normalized spacial score (nSPS) is 18.2. The zero-order chi connectivity index (χ0) is 11.5. The van der Waals surface area contributed by atoms with E-state index in [4.69, 9.17) is 4.74 Å². The standard InChI is InChI=1S/C14H18O2/c1-3-10(2)9-16-12-5-6-13-11(8-12)4-7-14(13)15/h5-6,8,14-15H,2-4,7,9H2,1H3/t14-/m0/s1. The van der Waals surface area contributed by atoms with E-state index in [9.17, 15) is 5.11 Å². The van der Waals surface area contributed by atoms with Crippen molar-refractivity contribution in [1.29, 1.82) is 0 Å². The van der Waals surface area contributed by atoms with Crippen molar-refractivity contribution in [3.05, 3.63) is 41.5 Å². The summed E-state index contributed by atoms with van der Waals surface area (Å²) in [4.78, 5) is 0. The highest BCUT2D eigenvalue weighted by atomic mass is 16.5. The summed E-state index contributed by atoms with van der Waals surface area (Å²) in [6, 6.07) is 5.93. The SMILES string of the molecule is C=C(CC)COc1ccc2c(c1)CC[C@@H]2O. The Bertz CT molecular complexity index is 396. The molecule has 1 N–H and O–H groups in total. The molecule has 2 nitrogen and oxygen atoms in total. The summed E-state index contributed by atoms with van der Waals surface area (Å²) in [7, 11) is 0. The van der Waals surface area contributed by atoms with E-state index in [1.54, 1.807) is 0 Å². The first-order valence-electron chi connectivity index (χ1n) is 5.81. The molecule has 0 spiro atoms. The fourth-order valence-corrected chi connectivity index (χ4v) is 1.95. The van der Waals surface area contributed by atoms with Crippen LogP contribution in [0.3, 0.4) is 0 Å². The number of ether oxygens (including phenoxy) is 1. The van der Waals surface area contributed by atoms with Gasteiger partial charge in [0.05, 0.1) is 6.10 Å². The third-order valence-electron chi connectivity index (χ3n) is 3.10.